The number of hydrogen-bond donors (Lipinski definition) is 2. The number of amides is 2. The van der Waals surface area contributed by atoms with Gasteiger partial charge in [0, 0.05) is 18.9 Å². The first-order valence-corrected chi connectivity index (χ1v) is 11.4. The summed E-state index contributed by atoms with van der Waals surface area (Å²) in [5.41, 5.74) is 4.99. The van der Waals surface area contributed by atoms with Gasteiger partial charge in [-0.15, -0.1) is 0 Å². The lowest BCUT2D eigenvalue weighted by molar-refractivity contribution is -0.118. The van der Waals surface area contributed by atoms with E-state index in [1.165, 1.54) is 11.0 Å². The molecular formula is C27H24N2O6. The van der Waals surface area contributed by atoms with E-state index in [0.717, 1.165) is 22.3 Å². The summed E-state index contributed by atoms with van der Waals surface area (Å²) in [7, 11) is 0. The van der Waals surface area contributed by atoms with Crippen LogP contribution in [0.15, 0.2) is 66.7 Å². The van der Waals surface area contributed by atoms with Crippen molar-refractivity contribution in [1.29, 1.82) is 0 Å². The van der Waals surface area contributed by atoms with Crippen LogP contribution >= 0.6 is 0 Å². The number of fused-ring (bicyclic) bond motifs is 4. The predicted octanol–water partition coefficient (Wildman–Crippen LogP) is 4.04. The highest BCUT2D eigenvalue weighted by molar-refractivity contribution is 6.00. The largest absolute Gasteiger partial charge is 0.489 e. The molecular weight excluding hydrogens is 448 g/mol. The molecule has 0 saturated heterocycles. The summed E-state index contributed by atoms with van der Waals surface area (Å²) in [4.78, 5) is 38.1. The number of nitrogens with zero attached hydrogens (tertiary/aromatic N) is 1. The zero-order chi connectivity index (χ0) is 24.4. The van der Waals surface area contributed by atoms with Gasteiger partial charge in [-0.1, -0.05) is 54.6 Å². The Balaban J connectivity index is 1.16. The quantitative estimate of drug-likeness (QED) is 0.561. The van der Waals surface area contributed by atoms with Crippen molar-refractivity contribution >= 4 is 23.7 Å². The molecule has 0 spiro atoms. The highest BCUT2D eigenvalue weighted by Gasteiger charge is 2.30. The van der Waals surface area contributed by atoms with Crippen molar-refractivity contribution in [2.75, 3.05) is 31.2 Å². The van der Waals surface area contributed by atoms with Gasteiger partial charge in [-0.3, -0.25) is 4.79 Å². The second kappa shape index (κ2) is 9.50. The Morgan fingerprint density at radius 3 is 2.34 bits per heavy atom. The van der Waals surface area contributed by atoms with Crippen molar-refractivity contribution in [1.82, 2.24) is 5.32 Å². The fraction of sp³-hybridized carbons (Fsp3) is 0.222. The number of anilines is 1. The minimum Gasteiger partial charge on any atom is -0.489 e. The SMILES string of the molecule is O=C(NCCC(=O)N1CCOc2c(C(=O)O)cccc21)OCC1c2ccccc2-c2ccccc21. The average molecular weight is 472 g/mol. The molecule has 178 valence electrons. The third-order valence-electron chi connectivity index (χ3n) is 6.33. The number of nitrogens with one attached hydrogen (secondary N) is 1. The highest BCUT2D eigenvalue weighted by atomic mass is 16.5. The van der Waals surface area contributed by atoms with Crippen molar-refractivity contribution in [3.8, 4) is 16.9 Å². The summed E-state index contributed by atoms with van der Waals surface area (Å²) >= 11 is 0. The second-order valence-corrected chi connectivity index (χ2v) is 8.36. The van der Waals surface area contributed by atoms with Crippen LogP contribution in [0.5, 0.6) is 5.75 Å². The Hall–Kier alpha value is -4.33. The maximum absolute atomic E-state index is 12.8. The van der Waals surface area contributed by atoms with E-state index in [1.54, 1.807) is 12.1 Å². The smallest absolute Gasteiger partial charge is 0.407 e. The molecule has 2 amide bonds. The summed E-state index contributed by atoms with van der Waals surface area (Å²) in [5.74, 6) is -1.21. The van der Waals surface area contributed by atoms with E-state index in [9.17, 15) is 19.5 Å². The van der Waals surface area contributed by atoms with Crippen molar-refractivity contribution < 1.29 is 29.0 Å². The molecule has 5 rings (SSSR count). The van der Waals surface area contributed by atoms with Gasteiger partial charge < -0.3 is 24.8 Å². The number of carbonyl (C=O) groups is 3. The molecule has 1 aliphatic carbocycles. The molecule has 0 saturated carbocycles. The van der Waals surface area contributed by atoms with Crippen LogP contribution in [-0.2, 0) is 9.53 Å². The number of hydrogen-bond acceptors (Lipinski definition) is 5. The number of carboxylic acids is 1. The number of ether oxygens (including phenoxy) is 2. The van der Waals surface area contributed by atoms with Crippen molar-refractivity contribution in [3.63, 3.8) is 0 Å². The van der Waals surface area contributed by atoms with Gasteiger partial charge in [0.2, 0.25) is 5.91 Å². The lowest BCUT2D eigenvalue weighted by atomic mass is 9.98. The van der Waals surface area contributed by atoms with Gasteiger partial charge in [-0.05, 0) is 34.4 Å². The number of para-hydroxylation sites is 1. The predicted molar refractivity (Wildman–Crippen MR) is 129 cm³/mol. The van der Waals surface area contributed by atoms with Crippen LogP contribution < -0.4 is 15.0 Å². The molecule has 0 unspecified atom stereocenters. The van der Waals surface area contributed by atoms with Crippen molar-refractivity contribution in [2.45, 2.75) is 12.3 Å². The molecule has 3 aromatic carbocycles. The third kappa shape index (κ3) is 4.30. The van der Waals surface area contributed by atoms with Crippen LogP contribution in [0.4, 0.5) is 10.5 Å². The minimum absolute atomic E-state index is 0.0109. The van der Waals surface area contributed by atoms with Crippen LogP contribution in [0.1, 0.15) is 33.8 Å². The van der Waals surface area contributed by atoms with Crippen LogP contribution in [0, 0.1) is 0 Å². The standard InChI is InChI=1S/C27H24N2O6/c30-24(29-14-15-34-25-21(26(31)32)10-5-11-23(25)29)12-13-28-27(33)35-16-22-19-8-3-1-6-17(19)18-7-2-4-9-20(18)22/h1-11,22H,12-16H2,(H,28,33)(H,31,32). The second-order valence-electron chi connectivity index (χ2n) is 8.36. The number of carboxylic acid groups (broad SMARTS) is 1. The number of aromatic carboxylic acids is 1. The van der Waals surface area contributed by atoms with Crippen LogP contribution in [0.2, 0.25) is 0 Å². The monoisotopic (exact) mass is 472 g/mol. The fourth-order valence-electron chi connectivity index (χ4n) is 4.73. The van der Waals surface area contributed by atoms with Crippen molar-refractivity contribution in [3.05, 3.63) is 83.4 Å². The van der Waals surface area contributed by atoms with E-state index in [2.05, 4.69) is 29.6 Å². The van der Waals surface area contributed by atoms with Crippen LogP contribution in [-0.4, -0.2) is 49.4 Å². The fourth-order valence-corrected chi connectivity index (χ4v) is 4.73. The lowest BCUT2D eigenvalue weighted by Crippen LogP contribution is -2.40. The summed E-state index contributed by atoms with van der Waals surface area (Å²) in [5, 5.41) is 12.0. The Bertz CT molecular complexity index is 1260. The molecule has 8 nitrogen and oxygen atoms in total. The Kier molecular flexibility index (Phi) is 6.10. The molecule has 0 atom stereocenters. The third-order valence-corrected chi connectivity index (χ3v) is 6.33. The molecule has 2 aliphatic rings. The topological polar surface area (TPSA) is 105 Å². The van der Waals surface area contributed by atoms with Gasteiger partial charge in [0.05, 0.1) is 12.2 Å². The average Bonchev–Trinajstić information content (AvgIpc) is 3.20. The summed E-state index contributed by atoms with van der Waals surface area (Å²) in [6.07, 6.45) is -0.545. The van der Waals surface area contributed by atoms with E-state index in [1.807, 2.05) is 24.3 Å². The normalized spacial score (nSPS) is 13.8. The van der Waals surface area contributed by atoms with Crippen LogP contribution in [0.3, 0.4) is 0 Å². The first kappa shape index (κ1) is 22.5. The number of benzene rings is 3. The molecule has 0 fully saturated rings. The van der Waals surface area contributed by atoms with Crippen molar-refractivity contribution in [2.24, 2.45) is 0 Å². The number of rotatable bonds is 6. The molecule has 1 heterocycles. The lowest BCUT2D eigenvalue weighted by Gasteiger charge is -2.30. The molecule has 0 radical (unpaired) electrons. The summed E-state index contributed by atoms with van der Waals surface area (Å²) in [6.45, 7) is 0.798. The first-order valence-electron chi connectivity index (χ1n) is 11.4. The molecule has 2 N–H and O–H groups in total. The zero-order valence-electron chi connectivity index (χ0n) is 18.9. The molecule has 0 bridgehead atoms. The number of alkyl carbamates (subject to hydrolysis) is 1. The Labute approximate surface area is 202 Å². The highest BCUT2D eigenvalue weighted by Crippen LogP contribution is 2.44. The van der Waals surface area contributed by atoms with Gasteiger partial charge in [-0.25, -0.2) is 9.59 Å². The Morgan fingerprint density at radius 2 is 1.66 bits per heavy atom. The van der Waals surface area contributed by atoms with E-state index in [-0.39, 0.29) is 49.3 Å². The number of carbonyl (C=O) groups excluding carboxylic acids is 2. The summed E-state index contributed by atoms with van der Waals surface area (Å²) in [6, 6.07) is 20.9. The molecule has 3 aromatic rings. The molecule has 35 heavy (non-hydrogen) atoms. The summed E-state index contributed by atoms with van der Waals surface area (Å²) < 4.78 is 11.0. The van der Waals surface area contributed by atoms with Gasteiger partial charge in [-0.2, -0.15) is 0 Å². The van der Waals surface area contributed by atoms with E-state index in [4.69, 9.17) is 9.47 Å². The Morgan fingerprint density at radius 1 is 0.971 bits per heavy atom. The molecule has 0 aromatic heterocycles. The first-order chi connectivity index (χ1) is 17.0. The van der Waals surface area contributed by atoms with E-state index in [0.29, 0.717) is 12.2 Å². The van der Waals surface area contributed by atoms with E-state index >= 15 is 0 Å². The molecule has 8 heteroatoms. The minimum atomic E-state index is -1.12. The maximum atomic E-state index is 12.8. The maximum Gasteiger partial charge on any atom is 0.407 e. The van der Waals surface area contributed by atoms with Gasteiger partial charge in [0.25, 0.3) is 0 Å². The molecule has 1 aliphatic heterocycles. The zero-order valence-corrected chi connectivity index (χ0v) is 18.9. The van der Waals surface area contributed by atoms with Gasteiger partial charge >= 0.3 is 12.1 Å². The van der Waals surface area contributed by atoms with Gasteiger partial charge in [0.15, 0.2) is 5.75 Å². The van der Waals surface area contributed by atoms with Gasteiger partial charge in [0.1, 0.15) is 18.8 Å². The van der Waals surface area contributed by atoms with E-state index < -0.39 is 12.1 Å². The van der Waals surface area contributed by atoms with Crippen LogP contribution in [0.25, 0.3) is 11.1 Å².